The Bertz CT molecular complexity index is 673. The summed E-state index contributed by atoms with van der Waals surface area (Å²) in [7, 11) is 0. The fourth-order valence-electron chi connectivity index (χ4n) is 1.94. The van der Waals surface area contributed by atoms with Gasteiger partial charge in [-0.25, -0.2) is 0 Å². The summed E-state index contributed by atoms with van der Waals surface area (Å²) in [6.45, 7) is 7.95. The predicted molar refractivity (Wildman–Crippen MR) is 76.9 cm³/mol. The number of nitrogens with one attached hydrogen (secondary N) is 2. The number of H-pyrrole nitrogens is 1. The number of aromatic amines is 1. The number of hydrogen-bond donors (Lipinski definition) is 3. The van der Waals surface area contributed by atoms with E-state index in [1.54, 1.807) is 24.3 Å². The fourth-order valence-corrected chi connectivity index (χ4v) is 1.94. The number of rotatable bonds is 5. The minimum Gasteiger partial charge on any atom is -0.383 e. The van der Waals surface area contributed by atoms with Crippen LogP contribution in [0.5, 0.6) is 0 Å². The van der Waals surface area contributed by atoms with Gasteiger partial charge in [0.25, 0.3) is 0 Å². The topological polar surface area (TPSA) is 65.1 Å². The lowest BCUT2D eigenvalue weighted by Crippen LogP contribution is -2.18. The summed E-state index contributed by atoms with van der Waals surface area (Å²) in [4.78, 5) is 14.0. The summed E-state index contributed by atoms with van der Waals surface area (Å²) in [5.41, 5.74) is 1.73. The van der Waals surface area contributed by atoms with E-state index in [-0.39, 0.29) is 5.56 Å². The quantitative estimate of drug-likeness (QED) is 0.715. The molecule has 0 radical (unpaired) electrons. The van der Waals surface area contributed by atoms with Gasteiger partial charge in [-0.05, 0) is 17.7 Å². The van der Waals surface area contributed by atoms with Crippen LogP contribution in [0.4, 0.5) is 0 Å². The first-order valence-corrected chi connectivity index (χ1v) is 5.97. The molecule has 1 heterocycles. The van der Waals surface area contributed by atoms with Crippen molar-refractivity contribution in [3.8, 4) is 0 Å². The van der Waals surface area contributed by atoms with Gasteiger partial charge in [0.15, 0.2) is 0 Å². The van der Waals surface area contributed by atoms with E-state index >= 15 is 0 Å². The van der Waals surface area contributed by atoms with Crippen LogP contribution in [0.3, 0.4) is 0 Å². The van der Waals surface area contributed by atoms with Gasteiger partial charge >= 0.3 is 0 Å². The van der Waals surface area contributed by atoms with E-state index in [2.05, 4.69) is 23.5 Å². The smallest absolute Gasteiger partial charge is 0.248 e. The molecular formula is C15H16N2O2. The molecule has 0 aliphatic carbocycles. The Morgan fingerprint density at radius 1 is 1.42 bits per heavy atom. The van der Waals surface area contributed by atoms with Gasteiger partial charge in [0.1, 0.15) is 6.10 Å². The molecule has 1 aromatic heterocycles. The first kappa shape index (κ1) is 13.1. The van der Waals surface area contributed by atoms with Gasteiger partial charge in [-0.2, -0.15) is 0 Å². The molecule has 2 rings (SSSR count). The van der Waals surface area contributed by atoms with Gasteiger partial charge < -0.3 is 15.4 Å². The summed E-state index contributed by atoms with van der Waals surface area (Å²) >= 11 is 0. The van der Waals surface area contributed by atoms with Crippen LogP contribution in [-0.4, -0.2) is 16.6 Å². The molecule has 4 heteroatoms. The van der Waals surface area contributed by atoms with E-state index in [9.17, 15) is 9.90 Å². The number of hydrogen-bond acceptors (Lipinski definition) is 3. The molecule has 1 atom stereocenters. The molecule has 0 amide bonds. The normalized spacial score (nSPS) is 12.1. The highest BCUT2D eigenvalue weighted by Crippen LogP contribution is 2.25. The van der Waals surface area contributed by atoms with Crippen LogP contribution >= 0.6 is 0 Å². The summed E-state index contributed by atoms with van der Waals surface area (Å²) in [6.07, 6.45) is 0.855. The van der Waals surface area contributed by atoms with Crippen LogP contribution in [-0.2, 0) is 0 Å². The average Bonchev–Trinajstić information content (AvgIpc) is 2.42. The maximum absolute atomic E-state index is 11.3. The number of aliphatic hydroxyl groups excluding tert-OH is 1. The van der Waals surface area contributed by atoms with Crippen molar-refractivity contribution in [2.75, 3.05) is 6.54 Å². The molecule has 0 spiro atoms. The highest BCUT2D eigenvalue weighted by molar-refractivity contribution is 5.82. The number of benzene rings is 1. The molecule has 1 unspecified atom stereocenters. The van der Waals surface area contributed by atoms with Crippen molar-refractivity contribution in [2.45, 2.75) is 6.10 Å². The fraction of sp³-hybridized carbons (Fsp3) is 0.133. The standard InChI is InChI=1S/C15H16N2O2/c1-3-9-16-10(2)15(19)12-5-4-6-13-11(12)7-8-14(18)17-13/h3-8,15-16,19H,1-2,9H2,(H,17,18). The largest absolute Gasteiger partial charge is 0.383 e. The minimum atomic E-state index is -0.838. The molecule has 0 saturated carbocycles. The molecule has 0 aliphatic rings. The van der Waals surface area contributed by atoms with Crippen molar-refractivity contribution in [1.82, 2.24) is 10.3 Å². The Morgan fingerprint density at radius 2 is 2.21 bits per heavy atom. The first-order chi connectivity index (χ1) is 9.13. The number of fused-ring (bicyclic) bond motifs is 1. The summed E-state index contributed by atoms with van der Waals surface area (Å²) in [5, 5.41) is 14.1. The molecule has 0 aliphatic heterocycles. The van der Waals surface area contributed by atoms with Gasteiger partial charge in [-0.3, -0.25) is 4.79 Å². The number of aromatic nitrogens is 1. The van der Waals surface area contributed by atoms with Crippen molar-refractivity contribution in [3.05, 3.63) is 71.2 Å². The van der Waals surface area contributed by atoms with E-state index in [0.717, 1.165) is 5.39 Å². The number of aliphatic hydroxyl groups is 1. The number of pyridine rings is 1. The van der Waals surface area contributed by atoms with Crippen LogP contribution in [0.1, 0.15) is 11.7 Å². The third-order valence-corrected chi connectivity index (χ3v) is 2.90. The Kier molecular flexibility index (Phi) is 3.82. The second kappa shape index (κ2) is 5.54. The molecule has 0 bridgehead atoms. The summed E-state index contributed by atoms with van der Waals surface area (Å²) in [6, 6.07) is 8.54. The van der Waals surface area contributed by atoms with Gasteiger partial charge in [0.2, 0.25) is 5.56 Å². The Labute approximate surface area is 111 Å². The predicted octanol–water partition coefficient (Wildman–Crippen LogP) is 1.85. The second-order valence-electron chi connectivity index (χ2n) is 4.23. The van der Waals surface area contributed by atoms with E-state index in [1.165, 1.54) is 6.07 Å². The molecule has 98 valence electrons. The lowest BCUT2D eigenvalue weighted by molar-refractivity contribution is 0.209. The molecule has 4 nitrogen and oxygen atoms in total. The van der Waals surface area contributed by atoms with E-state index < -0.39 is 6.10 Å². The van der Waals surface area contributed by atoms with Crippen LogP contribution in [0.2, 0.25) is 0 Å². The van der Waals surface area contributed by atoms with Crippen LogP contribution in [0.25, 0.3) is 10.9 Å². The van der Waals surface area contributed by atoms with Gasteiger partial charge in [0, 0.05) is 29.2 Å². The Morgan fingerprint density at radius 3 is 2.95 bits per heavy atom. The van der Waals surface area contributed by atoms with Crippen LogP contribution in [0.15, 0.2) is 60.1 Å². The lowest BCUT2D eigenvalue weighted by atomic mass is 10.0. The van der Waals surface area contributed by atoms with Gasteiger partial charge in [-0.1, -0.05) is 24.8 Å². The Balaban J connectivity index is 2.42. The SMILES string of the molecule is C=CCNC(=C)C(O)c1cccc2[nH]c(=O)ccc12. The zero-order chi connectivity index (χ0) is 13.8. The van der Waals surface area contributed by atoms with Crippen molar-refractivity contribution in [1.29, 1.82) is 0 Å². The first-order valence-electron chi connectivity index (χ1n) is 5.97. The highest BCUT2D eigenvalue weighted by atomic mass is 16.3. The van der Waals surface area contributed by atoms with Crippen molar-refractivity contribution >= 4 is 10.9 Å². The second-order valence-corrected chi connectivity index (χ2v) is 4.23. The van der Waals surface area contributed by atoms with E-state index in [1.807, 2.05) is 6.07 Å². The molecule has 1 aromatic carbocycles. The van der Waals surface area contributed by atoms with Crippen molar-refractivity contribution in [2.24, 2.45) is 0 Å². The molecule has 0 saturated heterocycles. The van der Waals surface area contributed by atoms with Gasteiger partial charge in [0.05, 0.1) is 0 Å². The maximum atomic E-state index is 11.3. The molecule has 0 fully saturated rings. The minimum absolute atomic E-state index is 0.164. The molecule has 19 heavy (non-hydrogen) atoms. The summed E-state index contributed by atoms with van der Waals surface area (Å²) in [5.74, 6) is 0. The highest BCUT2D eigenvalue weighted by Gasteiger charge is 2.14. The third-order valence-electron chi connectivity index (χ3n) is 2.90. The average molecular weight is 256 g/mol. The van der Waals surface area contributed by atoms with E-state index in [0.29, 0.717) is 23.3 Å². The van der Waals surface area contributed by atoms with E-state index in [4.69, 9.17) is 0 Å². The Hall–Kier alpha value is -2.33. The van der Waals surface area contributed by atoms with Crippen LogP contribution < -0.4 is 10.9 Å². The van der Waals surface area contributed by atoms with Crippen LogP contribution in [0, 0.1) is 0 Å². The third kappa shape index (κ3) is 2.74. The lowest BCUT2D eigenvalue weighted by Gasteiger charge is -2.17. The van der Waals surface area contributed by atoms with Crippen molar-refractivity contribution < 1.29 is 5.11 Å². The zero-order valence-electron chi connectivity index (χ0n) is 10.5. The zero-order valence-corrected chi connectivity index (χ0v) is 10.5. The molecular weight excluding hydrogens is 240 g/mol. The molecule has 2 aromatic rings. The van der Waals surface area contributed by atoms with Gasteiger partial charge in [-0.15, -0.1) is 6.58 Å². The van der Waals surface area contributed by atoms with Crippen molar-refractivity contribution in [3.63, 3.8) is 0 Å². The summed E-state index contributed by atoms with van der Waals surface area (Å²) < 4.78 is 0. The monoisotopic (exact) mass is 256 g/mol. The molecule has 3 N–H and O–H groups in total. The maximum Gasteiger partial charge on any atom is 0.248 e.